The predicted molar refractivity (Wildman–Crippen MR) is 78.8 cm³/mol. The Morgan fingerprint density at radius 3 is 1.88 bits per heavy atom. The second kappa shape index (κ2) is 4.56. The van der Waals surface area contributed by atoms with Gasteiger partial charge in [0.2, 0.25) is 0 Å². The summed E-state index contributed by atoms with van der Waals surface area (Å²) in [5, 5.41) is 0. The molecule has 0 N–H and O–H groups in total. The SMILES string of the molecule is [B]c1ccc(-c2cc([B])cc([B])c2[B])c([B])c1. The van der Waals surface area contributed by atoms with Crippen molar-refractivity contribution in [3.63, 3.8) is 0 Å². The Bertz CT molecular complexity index is 577. The van der Waals surface area contributed by atoms with Crippen LogP contribution in [0.4, 0.5) is 0 Å². The molecule has 0 atom stereocenters. The second-order valence-corrected chi connectivity index (χ2v) is 3.92. The first kappa shape index (κ1) is 12.2. The van der Waals surface area contributed by atoms with Crippen LogP contribution in [0.5, 0.6) is 0 Å². The standard InChI is InChI=1S/C12H5B5/c13-6-1-2-8(10(15)4-6)9-3-7(14)5-11(16)12(9)17/h1-5H. The molecule has 0 unspecified atom stereocenters. The Morgan fingerprint density at radius 2 is 1.24 bits per heavy atom. The normalized spacial score (nSPS) is 10.4. The van der Waals surface area contributed by atoms with Gasteiger partial charge in [0.1, 0.15) is 39.2 Å². The van der Waals surface area contributed by atoms with Gasteiger partial charge in [-0.25, -0.2) is 0 Å². The quantitative estimate of drug-likeness (QED) is 0.443. The van der Waals surface area contributed by atoms with E-state index in [1.807, 2.05) is 0 Å². The topological polar surface area (TPSA) is 0 Å². The van der Waals surface area contributed by atoms with Crippen LogP contribution in [0.2, 0.25) is 0 Å². The van der Waals surface area contributed by atoms with Gasteiger partial charge < -0.3 is 0 Å². The minimum atomic E-state index is 0.441. The summed E-state index contributed by atoms with van der Waals surface area (Å²) in [6.07, 6.45) is 0. The van der Waals surface area contributed by atoms with Gasteiger partial charge in [-0.2, -0.15) is 0 Å². The van der Waals surface area contributed by atoms with Crippen molar-refractivity contribution in [1.82, 2.24) is 0 Å². The third-order valence-electron chi connectivity index (χ3n) is 2.60. The molecule has 0 nitrogen and oxygen atoms in total. The number of hydrogen-bond donors (Lipinski definition) is 0. The van der Waals surface area contributed by atoms with Gasteiger partial charge in [0.15, 0.2) is 0 Å². The molecule has 0 aliphatic heterocycles. The minimum absolute atomic E-state index is 0.441. The molecule has 0 aliphatic carbocycles. The Labute approximate surface area is 108 Å². The van der Waals surface area contributed by atoms with E-state index < -0.39 is 0 Å². The van der Waals surface area contributed by atoms with Gasteiger partial charge in [0.25, 0.3) is 0 Å². The van der Waals surface area contributed by atoms with Crippen molar-refractivity contribution in [2.24, 2.45) is 0 Å². The first-order valence-electron chi connectivity index (χ1n) is 5.09. The summed E-state index contributed by atoms with van der Waals surface area (Å²) in [4.78, 5) is 0. The van der Waals surface area contributed by atoms with Crippen molar-refractivity contribution in [3.05, 3.63) is 30.3 Å². The summed E-state index contributed by atoms with van der Waals surface area (Å²) in [6, 6.07) is 8.59. The molecule has 2 aromatic rings. The summed E-state index contributed by atoms with van der Waals surface area (Å²) in [6.45, 7) is 0. The van der Waals surface area contributed by atoms with E-state index in [0.717, 1.165) is 11.1 Å². The fourth-order valence-electron chi connectivity index (χ4n) is 1.75. The number of hydrogen-bond acceptors (Lipinski definition) is 0. The lowest BCUT2D eigenvalue weighted by molar-refractivity contribution is 1.75. The zero-order valence-corrected chi connectivity index (χ0v) is 9.27. The van der Waals surface area contributed by atoms with Gasteiger partial charge in [-0.05, 0) is 11.1 Å². The first-order chi connectivity index (χ1) is 7.99. The Morgan fingerprint density at radius 1 is 0.588 bits per heavy atom. The molecule has 0 spiro atoms. The molecule has 2 rings (SSSR count). The van der Waals surface area contributed by atoms with Crippen LogP contribution in [-0.4, -0.2) is 39.2 Å². The fraction of sp³-hybridized carbons (Fsp3) is 0. The maximum Gasteiger partial charge on any atom is 0.114 e. The maximum atomic E-state index is 5.92. The van der Waals surface area contributed by atoms with Crippen LogP contribution in [-0.2, 0) is 0 Å². The van der Waals surface area contributed by atoms with Crippen molar-refractivity contribution in [2.45, 2.75) is 0 Å². The van der Waals surface area contributed by atoms with Gasteiger partial charge in [0, 0.05) is 0 Å². The fourth-order valence-corrected chi connectivity index (χ4v) is 1.75. The molecular weight excluding hydrogens is 198 g/mol. The van der Waals surface area contributed by atoms with Crippen molar-refractivity contribution >= 4 is 66.5 Å². The Hall–Kier alpha value is -1.24. The number of rotatable bonds is 1. The van der Waals surface area contributed by atoms with Crippen molar-refractivity contribution in [1.29, 1.82) is 0 Å². The molecule has 0 heterocycles. The molecule has 5 heteroatoms. The van der Waals surface area contributed by atoms with Crippen LogP contribution >= 0.6 is 0 Å². The van der Waals surface area contributed by atoms with Crippen molar-refractivity contribution < 1.29 is 0 Å². The molecule has 0 fully saturated rings. The molecular formula is C12H5B5. The predicted octanol–water partition coefficient (Wildman–Crippen LogP) is -2.68. The zero-order valence-electron chi connectivity index (χ0n) is 9.27. The minimum Gasteiger partial charge on any atom is -0.104 e. The highest BCUT2D eigenvalue weighted by atomic mass is 14.1. The molecule has 0 aromatic heterocycles. The van der Waals surface area contributed by atoms with Crippen LogP contribution in [0.3, 0.4) is 0 Å². The van der Waals surface area contributed by atoms with E-state index in [0.29, 0.717) is 27.3 Å². The van der Waals surface area contributed by atoms with E-state index in [4.69, 9.17) is 39.2 Å². The van der Waals surface area contributed by atoms with Crippen LogP contribution in [0, 0.1) is 0 Å². The largest absolute Gasteiger partial charge is 0.114 e. The molecule has 17 heavy (non-hydrogen) atoms. The lowest BCUT2D eigenvalue weighted by atomic mass is 9.71. The molecule has 10 radical (unpaired) electrons. The van der Waals surface area contributed by atoms with Crippen LogP contribution < -0.4 is 27.3 Å². The summed E-state index contributed by atoms with van der Waals surface area (Å²) < 4.78 is 0. The Kier molecular flexibility index (Phi) is 3.28. The van der Waals surface area contributed by atoms with Crippen LogP contribution in [0.25, 0.3) is 11.1 Å². The summed E-state index contributed by atoms with van der Waals surface area (Å²) in [5.41, 5.74) is 4.09. The summed E-state index contributed by atoms with van der Waals surface area (Å²) in [7, 11) is 29.0. The van der Waals surface area contributed by atoms with E-state index in [1.165, 1.54) is 0 Å². The van der Waals surface area contributed by atoms with Gasteiger partial charge in [-0.1, -0.05) is 52.2 Å². The third kappa shape index (κ3) is 2.38. The van der Waals surface area contributed by atoms with Crippen LogP contribution in [0.15, 0.2) is 30.3 Å². The summed E-state index contributed by atoms with van der Waals surface area (Å²) in [5.74, 6) is 0. The maximum absolute atomic E-state index is 5.92. The van der Waals surface area contributed by atoms with Gasteiger partial charge in [-0.15, -0.1) is 5.46 Å². The zero-order chi connectivity index (χ0) is 12.6. The molecule has 0 amide bonds. The highest BCUT2D eigenvalue weighted by Crippen LogP contribution is 2.11. The smallest absolute Gasteiger partial charge is 0.104 e. The second-order valence-electron chi connectivity index (χ2n) is 3.92. The third-order valence-corrected chi connectivity index (χ3v) is 2.60. The first-order valence-corrected chi connectivity index (χ1v) is 5.09. The number of benzene rings is 2. The molecule has 0 aliphatic rings. The Balaban J connectivity index is 2.68. The van der Waals surface area contributed by atoms with Gasteiger partial charge in [0.05, 0.1) is 0 Å². The van der Waals surface area contributed by atoms with Gasteiger partial charge in [-0.3, -0.25) is 0 Å². The highest BCUT2D eigenvalue weighted by molar-refractivity contribution is 6.53. The summed E-state index contributed by atoms with van der Waals surface area (Å²) >= 11 is 0. The van der Waals surface area contributed by atoms with E-state index in [-0.39, 0.29) is 0 Å². The van der Waals surface area contributed by atoms with E-state index in [9.17, 15) is 0 Å². The molecule has 68 valence electrons. The molecule has 0 bridgehead atoms. The van der Waals surface area contributed by atoms with E-state index in [2.05, 4.69) is 0 Å². The highest BCUT2D eigenvalue weighted by Gasteiger charge is 2.06. The van der Waals surface area contributed by atoms with Gasteiger partial charge >= 0.3 is 0 Å². The van der Waals surface area contributed by atoms with E-state index >= 15 is 0 Å². The lowest BCUT2D eigenvalue weighted by Crippen LogP contribution is -2.33. The molecule has 0 saturated carbocycles. The average Bonchev–Trinajstić information content (AvgIpc) is 2.24. The van der Waals surface area contributed by atoms with E-state index in [1.54, 1.807) is 30.3 Å². The molecule has 2 aromatic carbocycles. The monoisotopic (exact) mass is 204 g/mol. The van der Waals surface area contributed by atoms with Crippen molar-refractivity contribution in [3.8, 4) is 11.1 Å². The lowest BCUT2D eigenvalue weighted by Gasteiger charge is -2.15. The average molecular weight is 203 g/mol. The molecule has 0 saturated heterocycles. The van der Waals surface area contributed by atoms with Crippen LogP contribution in [0.1, 0.15) is 0 Å². The van der Waals surface area contributed by atoms with Crippen molar-refractivity contribution in [2.75, 3.05) is 0 Å².